The highest BCUT2D eigenvalue weighted by Crippen LogP contribution is 2.18. The molecular formula is C20H21BrN2O4. The normalized spacial score (nSPS) is 11.9. The summed E-state index contributed by atoms with van der Waals surface area (Å²) >= 11 is 3.44. The van der Waals surface area contributed by atoms with Crippen LogP contribution in [0.2, 0.25) is 0 Å². The lowest BCUT2D eigenvalue weighted by molar-refractivity contribution is -0.132. The third-order valence-corrected chi connectivity index (χ3v) is 4.37. The predicted molar refractivity (Wildman–Crippen MR) is 108 cm³/mol. The van der Waals surface area contributed by atoms with Crippen LogP contribution in [0.4, 0.5) is 0 Å². The number of esters is 1. The maximum absolute atomic E-state index is 12.1. The number of hydrogen-bond donors (Lipinski definition) is 0. The van der Waals surface area contributed by atoms with Crippen molar-refractivity contribution in [3.63, 3.8) is 0 Å². The van der Waals surface area contributed by atoms with E-state index in [1.54, 1.807) is 6.07 Å². The minimum absolute atomic E-state index is 0.0787. The summed E-state index contributed by atoms with van der Waals surface area (Å²) in [5.41, 5.74) is 4.07. The van der Waals surface area contributed by atoms with Crippen LogP contribution >= 0.6 is 15.9 Å². The third-order valence-electron chi connectivity index (χ3n) is 3.88. The average molecular weight is 433 g/mol. The molecule has 142 valence electrons. The monoisotopic (exact) mass is 432 g/mol. The molecule has 0 unspecified atom stereocenters. The molecule has 0 amide bonds. The standard InChI is InChI=1S/C20H21BrN2O4/c1-13-7-5-10-17(19(23-26-4)20(24)25-3)18(13)12-27-22-14(2)15-8-6-9-16(21)11-15/h5-11H,12H2,1-4H3/b22-14+,23-19+. The first-order valence-corrected chi connectivity index (χ1v) is 8.98. The zero-order valence-corrected chi connectivity index (χ0v) is 17.2. The van der Waals surface area contributed by atoms with Gasteiger partial charge in [0.05, 0.1) is 12.8 Å². The summed E-state index contributed by atoms with van der Waals surface area (Å²) in [6.07, 6.45) is 0. The number of oxime groups is 2. The summed E-state index contributed by atoms with van der Waals surface area (Å²) in [6.45, 7) is 3.97. The van der Waals surface area contributed by atoms with E-state index >= 15 is 0 Å². The van der Waals surface area contributed by atoms with Crippen LogP contribution in [0.1, 0.15) is 29.2 Å². The van der Waals surface area contributed by atoms with Crippen molar-refractivity contribution in [2.24, 2.45) is 10.3 Å². The summed E-state index contributed by atoms with van der Waals surface area (Å²) in [7, 11) is 2.67. The van der Waals surface area contributed by atoms with E-state index in [4.69, 9.17) is 14.4 Å². The average Bonchev–Trinajstić information content (AvgIpc) is 2.66. The Morgan fingerprint density at radius 3 is 2.52 bits per heavy atom. The largest absolute Gasteiger partial charge is 0.464 e. The van der Waals surface area contributed by atoms with Gasteiger partial charge in [-0.3, -0.25) is 0 Å². The van der Waals surface area contributed by atoms with Gasteiger partial charge in [0, 0.05) is 21.2 Å². The predicted octanol–water partition coefficient (Wildman–Crippen LogP) is 4.22. The lowest BCUT2D eigenvalue weighted by atomic mass is 9.99. The molecule has 0 aromatic heterocycles. The fourth-order valence-corrected chi connectivity index (χ4v) is 2.86. The molecule has 0 aliphatic carbocycles. The highest BCUT2D eigenvalue weighted by molar-refractivity contribution is 9.10. The Bertz CT molecular complexity index is 878. The Balaban J connectivity index is 2.27. The fourth-order valence-electron chi connectivity index (χ4n) is 2.46. The second-order valence-electron chi connectivity index (χ2n) is 5.68. The number of methoxy groups -OCH3 is 1. The van der Waals surface area contributed by atoms with Gasteiger partial charge in [0.1, 0.15) is 13.7 Å². The van der Waals surface area contributed by atoms with Gasteiger partial charge in [0.2, 0.25) is 0 Å². The third kappa shape index (κ3) is 5.40. The highest BCUT2D eigenvalue weighted by Gasteiger charge is 2.20. The molecule has 0 spiro atoms. The lowest BCUT2D eigenvalue weighted by Crippen LogP contribution is -2.20. The van der Waals surface area contributed by atoms with Crippen LogP contribution in [0.25, 0.3) is 0 Å². The van der Waals surface area contributed by atoms with E-state index in [0.29, 0.717) is 5.56 Å². The Hall–Kier alpha value is -2.67. The molecule has 0 heterocycles. The van der Waals surface area contributed by atoms with E-state index in [1.165, 1.54) is 14.2 Å². The van der Waals surface area contributed by atoms with Crippen molar-refractivity contribution in [1.29, 1.82) is 0 Å². The van der Waals surface area contributed by atoms with Crippen LogP contribution in [-0.2, 0) is 25.8 Å². The molecule has 0 fully saturated rings. The molecule has 2 rings (SSSR count). The van der Waals surface area contributed by atoms with Crippen LogP contribution in [0, 0.1) is 6.92 Å². The molecule has 6 nitrogen and oxygen atoms in total. The van der Waals surface area contributed by atoms with Crippen molar-refractivity contribution in [2.75, 3.05) is 14.2 Å². The number of halogens is 1. The summed E-state index contributed by atoms with van der Waals surface area (Å²) in [5, 5.41) is 8.00. The Morgan fingerprint density at radius 1 is 1.11 bits per heavy atom. The summed E-state index contributed by atoms with van der Waals surface area (Å²) in [4.78, 5) is 22.4. The fraction of sp³-hybridized carbons (Fsp3) is 0.250. The molecule has 0 aliphatic heterocycles. The highest BCUT2D eigenvalue weighted by atomic mass is 79.9. The lowest BCUT2D eigenvalue weighted by Gasteiger charge is -2.12. The number of ether oxygens (including phenoxy) is 1. The van der Waals surface area contributed by atoms with Gasteiger partial charge in [-0.2, -0.15) is 0 Å². The smallest absolute Gasteiger partial charge is 0.360 e. The first-order chi connectivity index (χ1) is 13.0. The van der Waals surface area contributed by atoms with Gasteiger partial charge in [0.15, 0.2) is 5.71 Å². The van der Waals surface area contributed by atoms with Crippen LogP contribution in [0.3, 0.4) is 0 Å². The van der Waals surface area contributed by atoms with Crippen molar-refractivity contribution < 1.29 is 19.2 Å². The second-order valence-corrected chi connectivity index (χ2v) is 6.59. The first kappa shape index (κ1) is 20.6. The molecule has 0 aliphatic rings. The molecule has 2 aromatic carbocycles. The maximum atomic E-state index is 12.1. The van der Waals surface area contributed by atoms with Crippen molar-refractivity contribution in [2.45, 2.75) is 20.5 Å². The van der Waals surface area contributed by atoms with Crippen molar-refractivity contribution in [1.82, 2.24) is 0 Å². The number of carbonyl (C=O) groups excluding carboxylic acids is 1. The molecule has 0 N–H and O–H groups in total. The van der Waals surface area contributed by atoms with E-state index in [2.05, 4.69) is 26.2 Å². The van der Waals surface area contributed by atoms with Crippen molar-refractivity contribution in [3.8, 4) is 0 Å². The Morgan fingerprint density at radius 2 is 1.85 bits per heavy atom. The second kappa shape index (κ2) is 9.87. The van der Waals surface area contributed by atoms with Gasteiger partial charge < -0.3 is 14.4 Å². The number of aryl methyl sites for hydroxylation is 1. The first-order valence-electron chi connectivity index (χ1n) is 8.18. The molecule has 7 heteroatoms. The Kier molecular flexibility index (Phi) is 7.55. The van der Waals surface area contributed by atoms with E-state index in [9.17, 15) is 4.79 Å². The molecule has 27 heavy (non-hydrogen) atoms. The van der Waals surface area contributed by atoms with Gasteiger partial charge in [0.25, 0.3) is 0 Å². The zero-order valence-electron chi connectivity index (χ0n) is 15.7. The van der Waals surface area contributed by atoms with Crippen molar-refractivity contribution >= 4 is 33.3 Å². The number of benzene rings is 2. The van der Waals surface area contributed by atoms with Gasteiger partial charge in [-0.1, -0.05) is 56.6 Å². The summed E-state index contributed by atoms with van der Waals surface area (Å²) in [6, 6.07) is 13.3. The molecule has 0 atom stereocenters. The van der Waals surface area contributed by atoms with Gasteiger partial charge >= 0.3 is 5.97 Å². The zero-order chi connectivity index (χ0) is 19.8. The maximum Gasteiger partial charge on any atom is 0.360 e. The van der Waals surface area contributed by atoms with Gasteiger partial charge in [-0.15, -0.1) is 0 Å². The number of rotatable bonds is 7. The molecule has 0 saturated heterocycles. The van der Waals surface area contributed by atoms with E-state index in [0.717, 1.165) is 26.9 Å². The Labute approximate surface area is 166 Å². The van der Waals surface area contributed by atoms with Crippen LogP contribution in [0.5, 0.6) is 0 Å². The van der Waals surface area contributed by atoms with E-state index < -0.39 is 5.97 Å². The van der Waals surface area contributed by atoms with Crippen LogP contribution in [-0.4, -0.2) is 31.6 Å². The molecular weight excluding hydrogens is 412 g/mol. The van der Waals surface area contributed by atoms with E-state index in [-0.39, 0.29) is 12.3 Å². The van der Waals surface area contributed by atoms with Crippen molar-refractivity contribution in [3.05, 3.63) is 69.2 Å². The van der Waals surface area contributed by atoms with E-state index in [1.807, 2.05) is 50.2 Å². The molecule has 2 aromatic rings. The van der Waals surface area contributed by atoms with Gasteiger partial charge in [-0.05, 0) is 31.5 Å². The minimum Gasteiger partial charge on any atom is -0.464 e. The minimum atomic E-state index is -0.586. The van der Waals surface area contributed by atoms with Crippen LogP contribution < -0.4 is 0 Å². The molecule has 0 bridgehead atoms. The summed E-state index contributed by atoms with van der Waals surface area (Å²) < 4.78 is 5.77. The van der Waals surface area contributed by atoms with Crippen LogP contribution in [0.15, 0.2) is 57.2 Å². The molecule has 0 radical (unpaired) electrons. The molecule has 0 saturated carbocycles. The number of carbonyl (C=O) groups is 1. The topological polar surface area (TPSA) is 69.5 Å². The SMILES string of the molecule is CO/N=C(/C(=O)OC)c1cccc(C)c1CO/N=C(\C)c1cccc(Br)c1. The number of nitrogens with zero attached hydrogens (tertiary/aromatic N) is 2. The summed E-state index contributed by atoms with van der Waals surface area (Å²) in [5.74, 6) is -0.586. The van der Waals surface area contributed by atoms with Gasteiger partial charge in [-0.25, -0.2) is 4.79 Å². The quantitative estimate of drug-likeness (QED) is 0.373. The number of hydrogen-bond acceptors (Lipinski definition) is 6.